The van der Waals surface area contributed by atoms with E-state index in [1.807, 2.05) is 19.1 Å². The zero-order valence-corrected chi connectivity index (χ0v) is 14.8. The van der Waals surface area contributed by atoms with E-state index in [1.165, 1.54) is 5.56 Å². The molecule has 1 aliphatic heterocycles. The Labute approximate surface area is 146 Å². The average Bonchev–Trinajstić information content (AvgIpc) is 3.12. The molecule has 5 nitrogen and oxygen atoms in total. The molecule has 0 bridgehead atoms. The highest BCUT2D eigenvalue weighted by Gasteiger charge is 2.25. The van der Waals surface area contributed by atoms with Crippen LogP contribution in [0.1, 0.15) is 15.4 Å². The second-order valence-electron chi connectivity index (χ2n) is 6.34. The minimum atomic E-state index is -0.376. The van der Waals surface area contributed by atoms with Gasteiger partial charge in [0.15, 0.2) is 0 Å². The lowest BCUT2D eigenvalue weighted by molar-refractivity contribution is -0.120. The van der Waals surface area contributed by atoms with Crippen molar-refractivity contribution in [2.24, 2.45) is 5.92 Å². The molecule has 1 aromatic heterocycles. The van der Waals surface area contributed by atoms with Crippen molar-refractivity contribution in [3.63, 3.8) is 0 Å². The molecule has 24 heavy (non-hydrogen) atoms. The Morgan fingerprint density at radius 3 is 2.75 bits per heavy atom. The van der Waals surface area contributed by atoms with Crippen molar-refractivity contribution >= 4 is 17.2 Å². The lowest BCUT2D eigenvalue weighted by Gasteiger charge is -2.14. The van der Waals surface area contributed by atoms with Crippen molar-refractivity contribution < 1.29 is 9.90 Å². The van der Waals surface area contributed by atoms with E-state index in [1.54, 1.807) is 11.3 Å². The van der Waals surface area contributed by atoms with Crippen LogP contribution in [0.5, 0.6) is 0 Å². The molecule has 2 aromatic rings. The fourth-order valence-electron chi connectivity index (χ4n) is 2.91. The van der Waals surface area contributed by atoms with E-state index in [2.05, 4.69) is 34.7 Å². The predicted octanol–water partition coefficient (Wildman–Crippen LogP) is 1.67. The number of aliphatic hydroxyl groups is 1. The Morgan fingerprint density at radius 1 is 1.33 bits per heavy atom. The van der Waals surface area contributed by atoms with Crippen LogP contribution >= 0.6 is 11.3 Å². The summed E-state index contributed by atoms with van der Waals surface area (Å²) in [5, 5.41) is 16.8. The summed E-state index contributed by atoms with van der Waals surface area (Å²) in [5.74, 6) is 0.0693. The molecule has 0 saturated carbocycles. The van der Waals surface area contributed by atoms with Gasteiger partial charge in [-0.05, 0) is 13.8 Å². The monoisotopic (exact) mass is 345 g/mol. The zero-order chi connectivity index (χ0) is 17.1. The van der Waals surface area contributed by atoms with Gasteiger partial charge in [0.05, 0.1) is 23.2 Å². The summed E-state index contributed by atoms with van der Waals surface area (Å²) in [6.45, 7) is 5.87. The van der Waals surface area contributed by atoms with Gasteiger partial charge in [-0.1, -0.05) is 29.8 Å². The van der Waals surface area contributed by atoms with Crippen LogP contribution < -0.4 is 10.6 Å². The number of nitrogens with one attached hydrogen (secondary N) is 2. The van der Waals surface area contributed by atoms with Gasteiger partial charge in [-0.2, -0.15) is 0 Å². The topological polar surface area (TPSA) is 74.2 Å². The average molecular weight is 345 g/mol. The number of rotatable bonds is 5. The van der Waals surface area contributed by atoms with Gasteiger partial charge in [-0.15, -0.1) is 11.3 Å². The molecule has 128 valence electrons. The largest absolute Gasteiger partial charge is 0.391 e. The highest BCUT2D eigenvalue weighted by Crippen LogP contribution is 2.28. The molecule has 2 unspecified atom stereocenters. The number of benzene rings is 1. The van der Waals surface area contributed by atoms with E-state index < -0.39 is 0 Å². The molecule has 3 N–H and O–H groups in total. The molecule has 0 spiro atoms. The molecule has 1 aromatic carbocycles. The first-order chi connectivity index (χ1) is 11.5. The smallest absolute Gasteiger partial charge is 0.225 e. The second-order valence-corrected chi connectivity index (χ2v) is 7.62. The standard InChI is InChI=1S/C18H23N3O2S/c1-11-3-5-13(6-4-11)18-16(24-12(2)21-18)7-17(23)20-9-14-8-19-10-15(14)22/h3-6,14-15,19,22H,7-10H2,1-2H3,(H,20,23). The zero-order valence-electron chi connectivity index (χ0n) is 14.0. The van der Waals surface area contributed by atoms with Gasteiger partial charge in [-0.25, -0.2) is 4.98 Å². The van der Waals surface area contributed by atoms with E-state index in [9.17, 15) is 9.90 Å². The summed E-state index contributed by atoms with van der Waals surface area (Å²) in [5.41, 5.74) is 3.15. The molecule has 1 aliphatic rings. The maximum Gasteiger partial charge on any atom is 0.225 e. The van der Waals surface area contributed by atoms with Crippen LogP contribution in [0.15, 0.2) is 24.3 Å². The summed E-state index contributed by atoms with van der Waals surface area (Å²) in [7, 11) is 0. The van der Waals surface area contributed by atoms with Gasteiger partial charge in [0, 0.05) is 36.0 Å². The maximum absolute atomic E-state index is 12.3. The minimum Gasteiger partial charge on any atom is -0.391 e. The summed E-state index contributed by atoms with van der Waals surface area (Å²) >= 11 is 1.57. The summed E-state index contributed by atoms with van der Waals surface area (Å²) in [6, 6.07) is 8.21. The first kappa shape index (κ1) is 17.1. The lowest BCUT2D eigenvalue weighted by atomic mass is 10.1. The second kappa shape index (κ2) is 7.42. The van der Waals surface area contributed by atoms with Crippen LogP contribution in [0, 0.1) is 19.8 Å². The number of thiazole rings is 1. The quantitative estimate of drug-likeness (QED) is 0.771. The molecule has 2 heterocycles. The molecule has 0 radical (unpaired) electrons. The van der Waals surface area contributed by atoms with Crippen molar-refractivity contribution in [3.05, 3.63) is 39.7 Å². The Bertz CT molecular complexity index is 712. The predicted molar refractivity (Wildman–Crippen MR) is 96.1 cm³/mol. The normalized spacial score (nSPS) is 20.3. The van der Waals surface area contributed by atoms with E-state index in [-0.39, 0.29) is 17.9 Å². The number of aliphatic hydroxyl groups excluding tert-OH is 1. The third-order valence-corrected chi connectivity index (χ3v) is 5.29. The van der Waals surface area contributed by atoms with Gasteiger partial charge in [-0.3, -0.25) is 4.79 Å². The number of aryl methyl sites for hydroxylation is 2. The maximum atomic E-state index is 12.3. The van der Waals surface area contributed by atoms with E-state index in [0.29, 0.717) is 19.5 Å². The van der Waals surface area contributed by atoms with Crippen LogP contribution in [0.2, 0.25) is 0 Å². The fourth-order valence-corrected chi connectivity index (χ4v) is 3.86. The molecular weight excluding hydrogens is 322 g/mol. The van der Waals surface area contributed by atoms with Crippen LogP contribution in [-0.4, -0.2) is 41.7 Å². The molecule has 2 atom stereocenters. The number of aromatic nitrogens is 1. The Hall–Kier alpha value is -1.76. The third-order valence-electron chi connectivity index (χ3n) is 4.32. The van der Waals surface area contributed by atoms with Gasteiger partial charge >= 0.3 is 0 Å². The Morgan fingerprint density at radius 2 is 2.08 bits per heavy atom. The highest BCUT2D eigenvalue weighted by molar-refractivity contribution is 7.12. The van der Waals surface area contributed by atoms with Crippen molar-refractivity contribution in [1.29, 1.82) is 0 Å². The Kier molecular flexibility index (Phi) is 5.28. The van der Waals surface area contributed by atoms with Crippen molar-refractivity contribution in [3.8, 4) is 11.3 Å². The minimum absolute atomic E-state index is 0.0221. The number of nitrogens with zero attached hydrogens (tertiary/aromatic N) is 1. The number of carbonyl (C=O) groups excluding carboxylic acids is 1. The first-order valence-corrected chi connectivity index (χ1v) is 9.03. The summed E-state index contributed by atoms with van der Waals surface area (Å²) in [4.78, 5) is 17.9. The SMILES string of the molecule is Cc1ccc(-c2nc(C)sc2CC(=O)NCC2CNCC2O)cc1. The van der Waals surface area contributed by atoms with Gasteiger partial charge in [0.2, 0.25) is 5.91 Å². The van der Waals surface area contributed by atoms with Crippen molar-refractivity contribution in [2.45, 2.75) is 26.4 Å². The molecule has 1 saturated heterocycles. The number of hydrogen-bond donors (Lipinski definition) is 3. The molecule has 3 rings (SSSR count). The summed E-state index contributed by atoms with van der Waals surface area (Å²) in [6.07, 6.45) is -0.0515. The van der Waals surface area contributed by atoms with Crippen molar-refractivity contribution in [2.75, 3.05) is 19.6 Å². The molecule has 1 amide bonds. The molecular formula is C18H23N3O2S. The third kappa shape index (κ3) is 4.01. The first-order valence-electron chi connectivity index (χ1n) is 8.21. The highest BCUT2D eigenvalue weighted by atomic mass is 32.1. The number of amides is 1. The number of β-amino-alcohol motifs (C(OH)–C–C–N with tert-alkyl or cyclic N) is 1. The van der Waals surface area contributed by atoms with E-state index in [4.69, 9.17) is 0 Å². The Balaban J connectivity index is 1.66. The lowest BCUT2D eigenvalue weighted by Crippen LogP contribution is -2.35. The van der Waals surface area contributed by atoms with Gasteiger partial charge < -0.3 is 15.7 Å². The molecule has 1 fully saturated rings. The number of hydrogen-bond acceptors (Lipinski definition) is 5. The van der Waals surface area contributed by atoms with Crippen LogP contribution in [-0.2, 0) is 11.2 Å². The number of carbonyl (C=O) groups is 1. The van der Waals surface area contributed by atoms with E-state index in [0.717, 1.165) is 27.7 Å². The van der Waals surface area contributed by atoms with Gasteiger partial charge in [0.1, 0.15) is 0 Å². The van der Waals surface area contributed by atoms with E-state index >= 15 is 0 Å². The van der Waals surface area contributed by atoms with Gasteiger partial charge in [0.25, 0.3) is 0 Å². The van der Waals surface area contributed by atoms with Crippen LogP contribution in [0.3, 0.4) is 0 Å². The fraction of sp³-hybridized carbons (Fsp3) is 0.444. The van der Waals surface area contributed by atoms with Crippen molar-refractivity contribution in [1.82, 2.24) is 15.6 Å². The van der Waals surface area contributed by atoms with Crippen LogP contribution in [0.4, 0.5) is 0 Å². The summed E-state index contributed by atoms with van der Waals surface area (Å²) < 4.78 is 0. The molecule has 0 aliphatic carbocycles. The molecule has 6 heteroatoms. The van der Waals surface area contributed by atoms with Crippen LogP contribution in [0.25, 0.3) is 11.3 Å².